The van der Waals surface area contributed by atoms with Crippen molar-refractivity contribution in [1.29, 1.82) is 0 Å². The number of fused-ring (bicyclic) bond motifs is 1. The Morgan fingerprint density at radius 3 is 2.56 bits per heavy atom. The second-order valence-corrected chi connectivity index (χ2v) is 8.17. The zero-order valence-corrected chi connectivity index (χ0v) is 20.3. The normalized spacial score (nSPS) is 12.7. The van der Waals surface area contributed by atoms with Crippen LogP contribution in [0.25, 0.3) is 22.6 Å². The Balaban J connectivity index is 1.70. The molecule has 0 amide bonds. The summed E-state index contributed by atoms with van der Waals surface area (Å²) in [6.45, 7) is 1.36. The van der Waals surface area contributed by atoms with E-state index in [0.29, 0.717) is 25.2 Å². The quantitative estimate of drug-likeness (QED) is 0.104. The van der Waals surface area contributed by atoms with Crippen molar-refractivity contribution in [1.82, 2.24) is 4.98 Å². The van der Waals surface area contributed by atoms with Crippen LogP contribution in [-0.4, -0.2) is 47.6 Å². The van der Waals surface area contributed by atoms with Crippen LogP contribution in [0.5, 0.6) is 0 Å². The number of methoxy groups -OCH3 is 2. The molecule has 0 aliphatic rings. The molecule has 0 spiro atoms. The van der Waals surface area contributed by atoms with Crippen LogP contribution in [0.4, 0.5) is 0 Å². The lowest BCUT2D eigenvalue weighted by Gasteiger charge is -2.10. The van der Waals surface area contributed by atoms with Gasteiger partial charge in [0, 0.05) is 34.5 Å². The van der Waals surface area contributed by atoms with E-state index in [4.69, 9.17) is 13.9 Å². The van der Waals surface area contributed by atoms with Gasteiger partial charge in [0.15, 0.2) is 18.3 Å². The fourth-order valence-corrected chi connectivity index (χ4v) is 4.10. The van der Waals surface area contributed by atoms with Crippen molar-refractivity contribution in [2.45, 2.75) is 13.0 Å². The zero-order chi connectivity index (χ0) is 25.3. The number of benzene rings is 2. The highest BCUT2D eigenvalue weighted by molar-refractivity contribution is 6.17. The molecule has 0 aliphatic carbocycles. The molecular formula is C29H29N2O5+. The van der Waals surface area contributed by atoms with Crippen molar-refractivity contribution in [3.63, 3.8) is 0 Å². The van der Waals surface area contributed by atoms with Gasteiger partial charge in [-0.25, -0.2) is 9.37 Å². The molecule has 2 N–H and O–H groups in total. The van der Waals surface area contributed by atoms with Crippen LogP contribution < -0.4 is 0 Å². The standard InChI is InChI=1S/C29H28N2O5/c1-34-28(32)26(29(33)35-2)27-24(23-12-6-7-13-25(23)30-27)14-17-31(19-21-9-4-3-5-10-21)16-8-11-22-15-18-36-20-22/h3-13,15-16,18,20,30H,14,17,19H2,1-2H3/p+1/b11-8+,31-16?. The van der Waals surface area contributed by atoms with E-state index >= 15 is 0 Å². The van der Waals surface area contributed by atoms with Crippen LogP contribution >= 0.6 is 0 Å². The molecule has 7 heteroatoms. The molecule has 2 aromatic heterocycles. The van der Waals surface area contributed by atoms with E-state index in [9.17, 15) is 9.90 Å². The zero-order valence-electron chi connectivity index (χ0n) is 20.3. The number of aromatic amines is 1. The number of hydrogen-bond acceptors (Lipinski definition) is 5. The Morgan fingerprint density at radius 1 is 1.06 bits per heavy atom. The predicted octanol–water partition coefficient (Wildman–Crippen LogP) is 5.35. The number of hydrogen-bond donors (Lipinski definition) is 2. The lowest BCUT2D eigenvalue weighted by Crippen LogP contribution is -2.17. The van der Waals surface area contributed by atoms with Crippen molar-refractivity contribution in [2.24, 2.45) is 0 Å². The van der Waals surface area contributed by atoms with Crippen LogP contribution in [0.2, 0.25) is 0 Å². The summed E-state index contributed by atoms with van der Waals surface area (Å²) in [7, 11) is 2.58. The topological polar surface area (TPSA) is 87.7 Å². The van der Waals surface area contributed by atoms with Crippen LogP contribution in [0, 0.1) is 0 Å². The van der Waals surface area contributed by atoms with Gasteiger partial charge in [-0.3, -0.25) is 0 Å². The van der Waals surface area contributed by atoms with Gasteiger partial charge in [-0.15, -0.1) is 0 Å². The minimum Gasteiger partial charge on any atom is -0.480 e. The van der Waals surface area contributed by atoms with E-state index in [0.717, 1.165) is 22.0 Å². The molecule has 36 heavy (non-hydrogen) atoms. The highest BCUT2D eigenvalue weighted by Gasteiger charge is 2.26. The van der Waals surface area contributed by atoms with E-state index in [-0.39, 0.29) is 5.57 Å². The Hall–Kier alpha value is -4.52. The number of nitrogens with zero attached hydrogens (tertiary/aromatic N) is 1. The molecule has 0 fully saturated rings. The average molecular weight is 486 g/mol. The van der Waals surface area contributed by atoms with E-state index in [2.05, 4.69) is 21.7 Å². The maximum absolute atomic E-state index is 12.6. The van der Waals surface area contributed by atoms with Gasteiger partial charge in [-0.2, -0.15) is 0 Å². The molecule has 0 unspecified atom stereocenters. The van der Waals surface area contributed by atoms with Crippen LogP contribution in [-0.2, 0) is 27.2 Å². The Labute approximate surface area is 209 Å². The second-order valence-electron chi connectivity index (χ2n) is 8.17. The number of esters is 1. The van der Waals surface area contributed by atoms with Crippen molar-refractivity contribution >= 4 is 34.7 Å². The van der Waals surface area contributed by atoms with Crippen LogP contribution in [0.3, 0.4) is 0 Å². The Kier molecular flexibility index (Phi) is 8.03. The fourth-order valence-electron chi connectivity index (χ4n) is 4.10. The van der Waals surface area contributed by atoms with Gasteiger partial charge in [0.25, 0.3) is 5.95 Å². The number of allylic oxidation sites excluding steroid dienone is 1. The number of aromatic nitrogens is 1. The summed E-state index contributed by atoms with van der Waals surface area (Å²) in [5.41, 5.74) is 4.34. The maximum Gasteiger partial charge on any atom is 0.347 e. The summed E-state index contributed by atoms with van der Waals surface area (Å²) in [5.74, 6) is -1.18. The second kappa shape index (κ2) is 11.8. The number of carbonyl (C=O) groups is 1. The van der Waals surface area contributed by atoms with Crippen molar-refractivity contribution in [3.8, 4) is 0 Å². The average Bonchev–Trinajstić information content (AvgIpc) is 3.55. The van der Waals surface area contributed by atoms with E-state index in [1.54, 1.807) is 12.5 Å². The first-order valence-electron chi connectivity index (χ1n) is 11.6. The molecule has 0 aliphatic heterocycles. The molecule has 2 aromatic carbocycles. The number of aliphatic hydroxyl groups excluding tert-OH is 1. The molecule has 0 saturated carbocycles. The van der Waals surface area contributed by atoms with E-state index < -0.39 is 11.9 Å². The van der Waals surface area contributed by atoms with Crippen molar-refractivity contribution in [3.05, 3.63) is 108 Å². The number of aliphatic hydroxyl groups is 1. The first kappa shape index (κ1) is 24.6. The van der Waals surface area contributed by atoms with Gasteiger partial charge in [-0.1, -0.05) is 48.5 Å². The summed E-state index contributed by atoms with van der Waals surface area (Å²) in [6, 6.07) is 19.9. The largest absolute Gasteiger partial charge is 0.480 e. The number of carbonyl (C=O) groups excluding carboxylic acids is 1. The molecule has 4 aromatic rings. The molecular weight excluding hydrogens is 456 g/mol. The summed E-state index contributed by atoms with van der Waals surface area (Å²) >= 11 is 0. The number of furan rings is 1. The molecule has 0 radical (unpaired) electrons. The highest BCUT2D eigenvalue weighted by atomic mass is 16.6. The molecule has 2 heterocycles. The third kappa shape index (κ3) is 5.75. The highest BCUT2D eigenvalue weighted by Crippen LogP contribution is 2.30. The van der Waals surface area contributed by atoms with Gasteiger partial charge >= 0.3 is 5.97 Å². The number of ether oxygens (including phenoxy) is 2. The summed E-state index contributed by atoms with van der Waals surface area (Å²) in [5, 5.41) is 11.4. The first-order valence-corrected chi connectivity index (χ1v) is 11.6. The predicted molar refractivity (Wildman–Crippen MR) is 140 cm³/mol. The minimum atomic E-state index is -0.682. The maximum atomic E-state index is 12.6. The number of rotatable bonds is 10. The number of H-pyrrole nitrogens is 1. The van der Waals surface area contributed by atoms with Crippen molar-refractivity contribution in [2.75, 3.05) is 20.8 Å². The van der Waals surface area contributed by atoms with Gasteiger partial charge in [0.2, 0.25) is 0 Å². The third-order valence-corrected chi connectivity index (χ3v) is 5.87. The van der Waals surface area contributed by atoms with Crippen LogP contribution in [0.15, 0.2) is 89.6 Å². The van der Waals surface area contributed by atoms with Gasteiger partial charge in [0.05, 0.1) is 32.4 Å². The number of nitrogens with one attached hydrogen (secondary N) is 1. The SMILES string of the molecule is COC(=O)/C(=C(\O)OC)c1[nH]c2ccccc2c1CC[N+](=C/C=C/c1ccoc1)Cc1ccccc1. The Morgan fingerprint density at radius 2 is 1.83 bits per heavy atom. The Bertz CT molecular complexity index is 1400. The van der Waals surface area contributed by atoms with Gasteiger partial charge in [-0.05, 0) is 23.8 Å². The molecule has 0 atom stereocenters. The molecule has 0 bridgehead atoms. The first-order chi connectivity index (χ1) is 17.6. The lowest BCUT2D eigenvalue weighted by atomic mass is 10.0. The molecule has 7 nitrogen and oxygen atoms in total. The molecule has 184 valence electrons. The monoisotopic (exact) mass is 485 g/mol. The number of para-hydroxylation sites is 1. The molecule has 4 rings (SSSR count). The summed E-state index contributed by atoms with van der Waals surface area (Å²) in [4.78, 5) is 15.9. The third-order valence-electron chi connectivity index (χ3n) is 5.87. The molecule has 0 saturated heterocycles. The lowest BCUT2D eigenvalue weighted by molar-refractivity contribution is -0.538. The summed E-state index contributed by atoms with van der Waals surface area (Å²) < 4.78 is 17.3. The van der Waals surface area contributed by atoms with Gasteiger partial charge in [0.1, 0.15) is 6.54 Å². The van der Waals surface area contributed by atoms with Crippen LogP contribution in [0.1, 0.15) is 22.4 Å². The fraction of sp³-hybridized carbons (Fsp3) is 0.172. The van der Waals surface area contributed by atoms with Crippen molar-refractivity contribution < 1.29 is 28.4 Å². The summed E-state index contributed by atoms with van der Waals surface area (Å²) in [6.07, 6.45) is 9.93. The smallest absolute Gasteiger partial charge is 0.347 e. The van der Waals surface area contributed by atoms with Gasteiger partial charge < -0.3 is 24.0 Å². The van der Waals surface area contributed by atoms with E-state index in [1.807, 2.05) is 66.9 Å². The van der Waals surface area contributed by atoms with E-state index in [1.165, 1.54) is 19.8 Å². The minimum absolute atomic E-state index is 0.0374.